The summed E-state index contributed by atoms with van der Waals surface area (Å²) in [6, 6.07) is 9.46. The van der Waals surface area contributed by atoms with Crippen molar-refractivity contribution in [2.45, 2.75) is 20.8 Å². The van der Waals surface area contributed by atoms with E-state index in [1.54, 1.807) is 18.2 Å². The van der Waals surface area contributed by atoms with Gasteiger partial charge in [-0.1, -0.05) is 29.3 Å². The topological polar surface area (TPSA) is 44.5 Å². The van der Waals surface area contributed by atoms with Crippen molar-refractivity contribution in [1.82, 2.24) is 0 Å². The molecule has 2 aromatic carbocycles. The minimum atomic E-state index is 0.452. The molecular weight excluding hydrogens is 286 g/mol. The predicted octanol–water partition coefficient (Wildman–Crippen LogP) is 4.31. The van der Waals surface area contributed by atoms with Crippen LogP contribution in [0.2, 0.25) is 5.02 Å². The summed E-state index contributed by atoms with van der Waals surface area (Å²) < 4.78 is 11.4. The second-order valence-corrected chi connectivity index (χ2v) is 5.52. The highest BCUT2D eigenvalue weighted by Crippen LogP contribution is 2.25. The number of anilines is 1. The van der Waals surface area contributed by atoms with Crippen LogP contribution in [0.3, 0.4) is 0 Å². The fourth-order valence-electron chi connectivity index (χ4n) is 2.31. The summed E-state index contributed by atoms with van der Waals surface area (Å²) in [5, 5.41) is 0.532. The van der Waals surface area contributed by atoms with E-state index in [1.165, 1.54) is 5.56 Å². The van der Waals surface area contributed by atoms with Crippen LogP contribution in [0.25, 0.3) is 0 Å². The Morgan fingerprint density at radius 3 is 2.19 bits per heavy atom. The Morgan fingerprint density at radius 2 is 1.57 bits per heavy atom. The first-order valence-electron chi connectivity index (χ1n) is 6.86. The van der Waals surface area contributed by atoms with E-state index in [0.29, 0.717) is 29.7 Å². The second kappa shape index (κ2) is 6.72. The van der Waals surface area contributed by atoms with Gasteiger partial charge in [0.1, 0.15) is 24.7 Å². The van der Waals surface area contributed by atoms with Gasteiger partial charge >= 0.3 is 0 Å². The minimum absolute atomic E-state index is 0.452. The molecule has 21 heavy (non-hydrogen) atoms. The van der Waals surface area contributed by atoms with Crippen molar-refractivity contribution in [3.05, 3.63) is 52.0 Å². The molecule has 0 aliphatic rings. The second-order valence-electron chi connectivity index (χ2n) is 5.11. The Kier molecular flexibility index (Phi) is 4.97. The summed E-state index contributed by atoms with van der Waals surface area (Å²) in [4.78, 5) is 0. The first-order chi connectivity index (χ1) is 9.97. The van der Waals surface area contributed by atoms with E-state index in [9.17, 15) is 0 Å². The largest absolute Gasteiger partial charge is 0.490 e. The Hall–Kier alpha value is -1.87. The van der Waals surface area contributed by atoms with Gasteiger partial charge in [0.15, 0.2) is 0 Å². The zero-order chi connectivity index (χ0) is 15.4. The van der Waals surface area contributed by atoms with Gasteiger partial charge in [-0.3, -0.25) is 0 Å². The normalized spacial score (nSPS) is 10.5. The van der Waals surface area contributed by atoms with Crippen molar-refractivity contribution >= 4 is 17.3 Å². The highest BCUT2D eigenvalue weighted by Gasteiger charge is 2.05. The molecule has 0 saturated carbocycles. The lowest BCUT2D eigenvalue weighted by molar-refractivity contribution is 0.215. The zero-order valence-electron chi connectivity index (χ0n) is 12.6. The standard InChI is InChI=1S/C17H20ClNO2/c1-11-8-12(2)17(13(3)9-11)21-7-6-20-14-4-5-15(18)16(19)10-14/h4-5,8-10H,6-7,19H2,1-3H3. The molecule has 0 saturated heterocycles. The van der Waals surface area contributed by atoms with Crippen LogP contribution in [-0.2, 0) is 0 Å². The monoisotopic (exact) mass is 305 g/mol. The maximum Gasteiger partial charge on any atom is 0.125 e. The van der Waals surface area contributed by atoms with Gasteiger partial charge < -0.3 is 15.2 Å². The average Bonchev–Trinajstić information content (AvgIpc) is 2.40. The molecule has 0 unspecified atom stereocenters. The molecule has 4 heteroatoms. The maximum atomic E-state index is 5.86. The van der Waals surface area contributed by atoms with Crippen LogP contribution >= 0.6 is 11.6 Å². The van der Waals surface area contributed by atoms with E-state index in [0.717, 1.165) is 16.9 Å². The van der Waals surface area contributed by atoms with Crippen molar-refractivity contribution in [2.75, 3.05) is 18.9 Å². The summed E-state index contributed by atoms with van der Waals surface area (Å²) >= 11 is 5.86. The number of nitrogen functional groups attached to an aromatic ring is 1. The number of hydrogen-bond donors (Lipinski definition) is 1. The van der Waals surface area contributed by atoms with Gasteiger partial charge in [-0.15, -0.1) is 0 Å². The number of halogens is 1. The fourth-order valence-corrected chi connectivity index (χ4v) is 2.43. The molecule has 0 aliphatic carbocycles. The van der Waals surface area contributed by atoms with E-state index < -0.39 is 0 Å². The van der Waals surface area contributed by atoms with Crippen LogP contribution < -0.4 is 15.2 Å². The van der Waals surface area contributed by atoms with Gasteiger partial charge in [0.2, 0.25) is 0 Å². The number of hydrogen-bond acceptors (Lipinski definition) is 3. The molecule has 2 rings (SSSR count). The Morgan fingerprint density at radius 1 is 0.952 bits per heavy atom. The third-order valence-electron chi connectivity index (χ3n) is 3.17. The van der Waals surface area contributed by atoms with E-state index in [-0.39, 0.29) is 0 Å². The Balaban J connectivity index is 1.89. The Bertz CT molecular complexity index is 618. The van der Waals surface area contributed by atoms with Crippen molar-refractivity contribution in [3.63, 3.8) is 0 Å². The summed E-state index contributed by atoms with van der Waals surface area (Å²) in [6.07, 6.45) is 0. The number of nitrogens with two attached hydrogens (primary N) is 1. The maximum absolute atomic E-state index is 5.86. The molecule has 0 heterocycles. The molecule has 2 N–H and O–H groups in total. The summed E-state index contributed by atoms with van der Waals surface area (Å²) in [5.74, 6) is 1.62. The van der Waals surface area contributed by atoms with Gasteiger partial charge in [0, 0.05) is 6.07 Å². The highest BCUT2D eigenvalue weighted by molar-refractivity contribution is 6.33. The molecular formula is C17H20ClNO2. The van der Waals surface area contributed by atoms with Crippen LogP contribution in [0.4, 0.5) is 5.69 Å². The lowest BCUT2D eigenvalue weighted by Crippen LogP contribution is -2.10. The first kappa shape index (κ1) is 15.5. The van der Waals surface area contributed by atoms with Crippen LogP contribution in [-0.4, -0.2) is 13.2 Å². The van der Waals surface area contributed by atoms with E-state index >= 15 is 0 Å². The third-order valence-corrected chi connectivity index (χ3v) is 3.51. The number of ether oxygens (including phenoxy) is 2. The predicted molar refractivity (Wildman–Crippen MR) is 87.5 cm³/mol. The quantitative estimate of drug-likeness (QED) is 0.661. The van der Waals surface area contributed by atoms with Gasteiger partial charge in [-0.25, -0.2) is 0 Å². The molecule has 0 spiro atoms. The molecule has 0 aromatic heterocycles. The fraction of sp³-hybridized carbons (Fsp3) is 0.294. The molecule has 3 nitrogen and oxygen atoms in total. The van der Waals surface area contributed by atoms with E-state index in [1.807, 2.05) is 0 Å². The van der Waals surface area contributed by atoms with Gasteiger partial charge in [-0.2, -0.15) is 0 Å². The van der Waals surface area contributed by atoms with Crippen LogP contribution in [0.15, 0.2) is 30.3 Å². The van der Waals surface area contributed by atoms with E-state index in [4.69, 9.17) is 26.8 Å². The molecule has 2 aromatic rings. The summed E-state index contributed by atoms with van der Waals surface area (Å²) in [6.45, 7) is 7.12. The van der Waals surface area contributed by atoms with Crippen molar-refractivity contribution < 1.29 is 9.47 Å². The minimum Gasteiger partial charge on any atom is -0.490 e. The van der Waals surface area contributed by atoms with Crippen molar-refractivity contribution in [2.24, 2.45) is 0 Å². The summed E-state index contributed by atoms with van der Waals surface area (Å²) in [7, 11) is 0. The van der Waals surface area contributed by atoms with Crippen LogP contribution in [0, 0.1) is 20.8 Å². The van der Waals surface area contributed by atoms with Crippen LogP contribution in [0.5, 0.6) is 11.5 Å². The number of rotatable bonds is 5. The number of benzene rings is 2. The molecule has 0 atom stereocenters. The molecule has 0 radical (unpaired) electrons. The molecule has 0 aliphatic heterocycles. The van der Waals surface area contributed by atoms with Crippen molar-refractivity contribution in [1.29, 1.82) is 0 Å². The number of aryl methyl sites for hydroxylation is 3. The first-order valence-corrected chi connectivity index (χ1v) is 7.23. The van der Waals surface area contributed by atoms with Crippen LogP contribution in [0.1, 0.15) is 16.7 Å². The lowest BCUT2D eigenvalue weighted by atomic mass is 10.1. The van der Waals surface area contributed by atoms with Crippen molar-refractivity contribution in [3.8, 4) is 11.5 Å². The zero-order valence-corrected chi connectivity index (χ0v) is 13.3. The Labute approximate surface area is 130 Å². The summed E-state index contributed by atoms with van der Waals surface area (Å²) in [5.41, 5.74) is 9.77. The molecule has 0 bridgehead atoms. The molecule has 0 amide bonds. The molecule has 112 valence electrons. The van der Waals surface area contributed by atoms with Gasteiger partial charge in [0.25, 0.3) is 0 Å². The van der Waals surface area contributed by atoms with E-state index in [2.05, 4.69) is 32.9 Å². The van der Waals surface area contributed by atoms with Gasteiger partial charge in [-0.05, 0) is 44.0 Å². The lowest BCUT2D eigenvalue weighted by Gasteiger charge is -2.14. The average molecular weight is 306 g/mol. The van der Waals surface area contributed by atoms with Gasteiger partial charge in [0.05, 0.1) is 10.7 Å². The highest BCUT2D eigenvalue weighted by atomic mass is 35.5. The molecule has 0 fully saturated rings. The SMILES string of the molecule is Cc1cc(C)c(OCCOc2ccc(Cl)c(N)c2)c(C)c1. The third kappa shape index (κ3) is 4.05. The smallest absolute Gasteiger partial charge is 0.125 e.